The minimum atomic E-state index is 0.866. The molecule has 0 saturated carbocycles. The molecule has 0 aliphatic carbocycles. The fourth-order valence-electron chi connectivity index (χ4n) is 1.98. The molecule has 0 aliphatic heterocycles. The Morgan fingerprint density at radius 2 is 2.11 bits per heavy atom. The Labute approximate surface area is 112 Å². The number of rotatable bonds is 5. The number of aryl methyl sites for hydroxylation is 3. The van der Waals surface area contributed by atoms with E-state index in [1.165, 1.54) is 21.1 Å². The summed E-state index contributed by atoms with van der Waals surface area (Å²) in [5.74, 6) is 0. The zero-order valence-electron chi connectivity index (χ0n) is 11.4. The number of aromatic nitrogens is 3. The molecule has 0 unspecified atom stereocenters. The van der Waals surface area contributed by atoms with E-state index in [0.29, 0.717) is 0 Å². The van der Waals surface area contributed by atoms with Crippen LogP contribution in [0, 0.1) is 13.8 Å². The van der Waals surface area contributed by atoms with Crippen LogP contribution in [-0.4, -0.2) is 14.8 Å². The quantitative estimate of drug-likeness (QED) is 0.901. The summed E-state index contributed by atoms with van der Waals surface area (Å²) in [6.45, 7) is 8.06. The Hall–Kier alpha value is -1.20. The Kier molecular flexibility index (Phi) is 4.14. The van der Waals surface area contributed by atoms with Gasteiger partial charge < -0.3 is 5.32 Å². The van der Waals surface area contributed by atoms with E-state index in [2.05, 4.69) is 36.2 Å². The molecule has 0 radical (unpaired) electrons. The van der Waals surface area contributed by atoms with Gasteiger partial charge in [0.2, 0.25) is 0 Å². The van der Waals surface area contributed by atoms with Crippen LogP contribution in [0.25, 0.3) is 0 Å². The Balaban J connectivity index is 1.92. The van der Waals surface area contributed by atoms with Crippen molar-refractivity contribution in [1.82, 2.24) is 20.1 Å². The Morgan fingerprint density at radius 3 is 2.67 bits per heavy atom. The van der Waals surface area contributed by atoms with Crippen LogP contribution in [-0.2, 0) is 26.6 Å². The second-order valence-electron chi connectivity index (χ2n) is 4.45. The van der Waals surface area contributed by atoms with E-state index in [9.17, 15) is 0 Å². The highest BCUT2D eigenvalue weighted by Crippen LogP contribution is 2.14. The summed E-state index contributed by atoms with van der Waals surface area (Å²) in [6, 6.07) is 0. The summed E-state index contributed by atoms with van der Waals surface area (Å²) in [6.07, 6.45) is 2.99. The smallest absolute Gasteiger partial charge is 0.0925 e. The summed E-state index contributed by atoms with van der Waals surface area (Å²) >= 11 is 1.79. The zero-order valence-corrected chi connectivity index (χ0v) is 12.3. The SMILES string of the molecule is CCc1ncc(CNCc2c(C)nn(C)c2C)s1. The van der Waals surface area contributed by atoms with E-state index in [4.69, 9.17) is 0 Å². The highest BCUT2D eigenvalue weighted by atomic mass is 32.1. The van der Waals surface area contributed by atoms with E-state index in [-0.39, 0.29) is 0 Å². The first kappa shape index (κ1) is 13.2. The third kappa shape index (κ3) is 2.79. The largest absolute Gasteiger partial charge is 0.308 e. The van der Waals surface area contributed by atoms with Crippen molar-refractivity contribution < 1.29 is 0 Å². The standard InChI is InChI=1S/C13H20N4S/c1-5-13-15-7-11(18-13)6-14-8-12-9(2)16-17(4)10(12)3/h7,14H,5-6,8H2,1-4H3. The predicted octanol–water partition coefficient (Wildman–Crippen LogP) is 2.35. The van der Waals surface area contributed by atoms with Crippen LogP contribution in [0.5, 0.6) is 0 Å². The fourth-order valence-corrected chi connectivity index (χ4v) is 2.81. The molecule has 0 aliphatic rings. The fraction of sp³-hybridized carbons (Fsp3) is 0.538. The first-order chi connectivity index (χ1) is 8.61. The molecule has 5 heteroatoms. The second kappa shape index (κ2) is 5.63. The first-order valence-corrected chi connectivity index (χ1v) is 7.06. The molecule has 1 N–H and O–H groups in total. The van der Waals surface area contributed by atoms with Crippen molar-refractivity contribution >= 4 is 11.3 Å². The normalized spacial score (nSPS) is 11.1. The van der Waals surface area contributed by atoms with Gasteiger partial charge in [-0.1, -0.05) is 6.92 Å². The maximum absolute atomic E-state index is 4.42. The third-order valence-electron chi connectivity index (χ3n) is 3.16. The Morgan fingerprint density at radius 1 is 1.33 bits per heavy atom. The van der Waals surface area contributed by atoms with Crippen LogP contribution in [0.3, 0.4) is 0 Å². The number of nitrogens with zero attached hydrogens (tertiary/aromatic N) is 3. The van der Waals surface area contributed by atoms with Gasteiger partial charge >= 0.3 is 0 Å². The summed E-state index contributed by atoms with van der Waals surface area (Å²) in [5, 5.41) is 9.10. The minimum absolute atomic E-state index is 0.866. The van der Waals surface area contributed by atoms with E-state index in [1.54, 1.807) is 11.3 Å². The lowest BCUT2D eigenvalue weighted by Crippen LogP contribution is -2.13. The van der Waals surface area contributed by atoms with Crippen molar-refractivity contribution in [2.24, 2.45) is 7.05 Å². The van der Waals surface area contributed by atoms with Gasteiger partial charge in [0.05, 0.1) is 10.7 Å². The van der Waals surface area contributed by atoms with Crippen molar-refractivity contribution in [2.75, 3.05) is 0 Å². The van der Waals surface area contributed by atoms with Gasteiger partial charge in [0.15, 0.2) is 0 Å². The van der Waals surface area contributed by atoms with Crippen molar-refractivity contribution in [3.63, 3.8) is 0 Å². The summed E-state index contributed by atoms with van der Waals surface area (Å²) < 4.78 is 1.94. The molecular weight excluding hydrogens is 244 g/mol. The number of thiazole rings is 1. The van der Waals surface area contributed by atoms with Gasteiger partial charge in [0.25, 0.3) is 0 Å². The molecule has 0 spiro atoms. The van der Waals surface area contributed by atoms with Gasteiger partial charge in [-0.2, -0.15) is 5.10 Å². The van der Waals surface area contributed by atoms with E-state index in [1.807, 2.05) is 17.9 Å². The van der Waals surface area contributed by atoms with Crippen molar-refractivity contribution in [3.05, 3.63) is 33.0 Å². The summed E-state index contributed by atoms with van der Waals surface area (Å²) in [5.41, 5.74) is 3.65. The monoisotopic (exact) mass is 264 g/mol. The topological polar surface area (TPSA) is 42.7 Å². The lowest BCUT2D eigenvalue weighted by Gasteiger charge is -2.03. The average molecular weight is 264 g/mol. The van der Waals surface area contributed by atoms with Crippen LogP contribution < -0.4 is 5.32 Å². The molecule has 2 heterocycles. The molecule has 0 saturated heterocycles. The number of nitrogens with one attached hydrogen (secondary N) is 1. The van der Waals surface area contributed by atoms with Gasteiger partial charge in [-0.25, -0.2) is 4.98 Å². The van der Waals surface area contributed by atoms with Gasteiger partial charge in [-0.15, -0.1) is 11.3 Å². The second-order valence-corrected chi connectivity index (χ2v) is 5.65. The molecular formula is C13H20N4S. The maximum Gasteiger partial charge on any atom is 0.0925 e. The van der Waals surface area contributed by atoms with Crippen LogP contribution in [0.4, 0.5) is 0 Å². The highest BCUT2D eigenvalue weighted by molar-refractivity contribution is 7.11. The molecule has 0 amide bonds. The maximum atomic E-state index is 4.42. The molecule has 18 heavy (non-hydrogen) atoms. The van der Waals surface area contributed by atoms with Crippen LogP contribution in [0.15, 0.2) is 6.20 Å². The minimum Gasteiger partial charge on any atom is -0.308 e. The average Bonchev–Trinajstić information content (AvgIpc) is 2.89. The summed E-state index contributed by atoms with van der Waals surface area (Å²) in [4.78, 5) is 5.66. The zero-order chi connectivity index (χ0) is 13.1. The molecule has 0 aromatic carbocycles. The first-order valence-electron chi connectivity index (χ1n) is 6.25. The predicted molar refractivity (Wildman–Crippen MR) is 74.7 cm³/mol. The molecule has 0 atom stereocenters. The van der Waals surface area contributed by atoms with Crippen LogP contribution >= 0.6 is 11.3 Å². The molecule has 2 aromatic rings. The molecule has 0 fully saturated rings. The molecule has 98 valence electrons. The van der Waals surface area contributed by atoms with E-state index in [0.717, 1.165) is 25.2 Å². The van der Waals surface area contributed by atoms with Crippen molar-refractivity contribution in [3.8, 4) is 0 Å². The molecule has 4 nitrogen and oxygen atoms in total. The van der Waals surface area contributed by atoms with Gasteiger partial charge in [-0.3, -0.25) is 4.68 Å². The van der Waals surface area contributed by atoms with Gasteiger partial charge in [0, 0.05) is 42.5 Å². The molecule has 2 aromatic heterocycles. The Bertz CT molecular complexity index is 527. The van der Waals surface area contributed by atoms with Crippen LogP contribution in [0.1, 0.15) is 33.8 Å². The number of hydrogen-bond donors (Lipinski definition) is 1. The van der Waals surface area contributed by atoms with Crippen molar-refractivity contribution in [2.45, 2.75) is 40.3 Å². The number of hydrogen-bond acceptors (Lipinski definition) is 4. The van der Waals surface area contributed by atoms with Crippen LogP contribution in [0.2, 0.25) is 0 Å². The van der Waals surface area contributed by atoms with Gasteiger partial charge in [-0.05, 0) is 20.3 Å². The molecule has 0 bridgehead atoms. The molecule has 2 rings (SSSR count). The van der Waals surface area contributed by atoms with Crippen molar-refractivity contribution in [1.29, 1.82) is 0 Å². The van der Waals surface area contributed by atoms with E-state index >= 15 is 0 Å². The highest BCUT2D eigenvalue weighted by Gasteiger charge is 2.08. The summed E-state index contributed by atoms with van der Waals surface area (Å²) in [7, 11) is 1.99. The van der Waals surface area contributed by atoms with E-state index < -0.39 is 0 Å². The third-order valence-corrected chi connectivity index (χ3v) is 4.31. The van der Waals surface area contributed by atoms with Gasteiger partial charge in [0.1, 0.15) is 0 Å². The lowest BCUT2D eigenvalue weighted by atomic mass is 10.2. The lowest BCUT2D eigenvalue weighted by molar-refractivity contribution is 0.689.